The standard InChI is InChI=1S/C17H27N3O4.ClH/c1-19(12-17(21)20-7-5-18-6-8-20)11-13-9-15(23-3)16(24-4)10-14(13)22-2;/h9-10,18H,5-8,11-12H2,1-4H3;1H. The van der Waals surface area contributed by atoms with Crippen molar-refractivity contribution < 1.29 is 19.0 Å². The van der Waals surface area contributed by atoms with Crippen molar-refractivity contribution in [2.24, 2.45) is 0 Å². The van der Waals surface area contributed by atoms with Gasteiger partial charge in [0.2, 0.25) is 5.91 Å². The molecule has 2 rings (SSSR count). The number of piperazine rings is 1. The molecule has 0 unspecified atom stereocenters. The highest BCUT2D eigenvalue weighted by atomic mass is 35.5. The van der Waals surface area contributed by atoms with E-state index in [0.717, 1.165) is 31.7 Å². The van der Waals surface area contributed by atoms with E-state index in [-0.39, 0.29) is 18.3 Å². The summed E-state index contributed by atoms with van der Waals surface area (Å²) in [6, 6.07) is 3.70. The van der Waals surface area contributed by atoms with Gasteiger partial charge in [-0.2, -0.15) is 0 Å². The number of rotatable bonds is 7. The molecule has 142 valence electrons. The summed E-state index contributed by atoms with van der Waals surface area (Å²) < 4.78 is 16.1. The quantitative estimate of drug-likeness (QED) is 0.769. The number of carbonyl (C=O) groups excluding carboxylic acids is 1. The van der Waals surface area contributed by atoms with E-state index >= 15 is 0 Å². The number of nitrogens with zero attached hydrogens (tertiary/aromatic N) is 2. The number of benzene rings is 1. The van der Waals surface area contributed by atoms with Gasteiger partial charge in [0, 0.05) is 44.4 Å². The molecule has 1 aliphatic rings. The van der Waals surface area contributed by atoms with Gasteiger partial charge in [-0.1, -0.05) is 0 Å². The number of methoxy groups -OCH3 is 3. The number of halogens is 1. The number of ether oxygens (including phenoxy) is 3. The van der Waals surface area contributed by atoms with Gasteiger partial charge in [-0.05, 0) is 13.1 Å². The summed E-state index contributed by atoms with van der Waals surface area (Å²) in [5.74, 6) is 2.14. The smallest absolute Gasteiger partial charge is 0.236 e. The molecule has 1 aliphatic heterocycles. The average molecular weight is 374 g/mol. The Morgan fingerprint density at radius 2 is 1.64 bits per heavy atom. The lowest BCUT2D eigenvalue weighted by atomic mass is 10.1. The van der Waals surface area contributed by atoms with Crippen LogP contribution in [0.2, 0.25) is 0 Å². The molecule has 1 heterocycles. The maximum atomic E-state index is 12.4. The van der Waals surface area contributed by atoms with Gasteiger partial charge in [-0.3, -0.25) is 9.69 Å². The van der Waals surface area contributed by atoms with Crippen LogP contribution in [-0.4, -0.2) is 76.8 Å². The SMILES string of the molecule is COc1cc(OC)c(OC)cc1CN(C)CC(=O)N1CCNCC1.Cl. The van der Waals surface area contributed by atoms with Crippen molar-refractivity contribution in [2.75, 3.05) is 61.1 Å². The first-order chi connectivity index (χ1) is 11.6. The molecule has 0 aromatic heterocycles. The van der Waals surface area contributed by atoms with Gasteiger partial charge in [0.25, 0.3) is 0 Å². The zero-order chi connectivity index (χ0) is 17.5. The predicted molar refractivity (Wildman–Crippen MR) is 99.1 cm³/mol. The Hall–Kier alpha value is -1.70. The summed E-state index contributed by atoms with van der Waals surface area (Å²) >= 11 is 0. The summed E-state index contributed by atoms with van der Waals surface area (Å²) in [6.07, 6.45) is 0. The highest BCUT2D eigenvalue weighted by Crippen LogP contribution is 2.35. The Kier molecular flexibility index (Phi) is 8.82. The maximum absolute atomic E-state index is 12.4. The lowest BCUT2D eigenvalue weighted by molar-refractivity contribution is -0.132. The van der Waals surface area contributed by atoms with Crippen molar-refractivity contribution in [3.63, 3.8) is 0 Å². The first-order valence-electron chi connectivity index (χ1n) is 8.05. The fraction of sp³-hybridized carbons (Fsp3) is 0.588. The monoisotopic (exact) mass is 373 g/mol. The van der Waals surface area contributed by atoms with E-state index in [4.69, 9.17) is 14.2 Å². The van der Waals surface area contributed by atoms with Crippen LogP contribution in [0.1, 0.15) is 5.56 Å². The van der Waals surface area contributed by atoms with Crippen molar-refractivity contribution in [2.45, 2.75) is 6.54 Å². The number of hydrogen-bond acceptors (Lipinski definition) is 6. The Labute approximate surface area is 155 Å². The van der Waals surface area contributed by atoms with E-state index in [1.54, 1.807) is 27.4 Å². The van der Waals surface area contributed by atoms with Crippen LogP contribution in [0.3, 0.4) is 0 Å². The van der Waals surface area contributed by atoms with Gasteiger partial charge in [0.05, 0.1) is 27.9 Å². The van der Waals surface area contributed by atoms with E-state index in [1.807, 2.05) is 22.9 Å². The minimum atomic E-state index is 0. The third-order valence-electron chi connectivity index (χ3n) is 4.10. The number of carbonyl (C=O) groups is 1. The lowest BCUT2D eigenvalue weighted by Crippen LogP contribution is -2.49. The molecule has 1 saturated heterocycles. The molecule has 1 N–H and O–H groups in total. The number of hydrogen-bond donors (Lipinski definition) is 1. The molecular weight excluding hydrogens is 346 g/mol. The number of nitrogens with one attached hydrogen (secondary N) is 1. The van der Waals surface area contributed by atoms with Crippen molar-refractivity contribution >= 4 is 18.3 Å². The summed E-state index contributed by atoms with van der Waals surface area (Å²) in [5, 5.41) is 3.25. The van der Waals surface area contributed by atoms with E-state index in [2.05, 4.69) is 5.32 Å². The van der Waals surface area contributed by atoms with Crippen LogP contribution >= 0.6 is 12.4 Å². The zero-order valence-corrected chi connectivity index (χ0v) is 16.1. The van der Waals surface area contributed by atoms with Gasteiger partial charge in [-0.25, -0.2) is 0 Å². The normalized spacial score (nSPS) is 14.0. The van der Waals surface area contributed by atoms with Crippen LogP contribution in [0.4, 0.5) is 0 Å². The second kappa shape index (κ2) is 10.3. The Bertz CT molecular complexity index is 565. The van der Waals surface area contributed by atoms with Crippen molar-refractivity contribution in [1.29, 1.82) is 0 Å². The molecule has 1 fully saturated rings. The lowest BCUT2D eigenvalue weighted by Gasteiger charge is -2.29. The summed E-state index contributed by atoms with van der Waals surface area (Å²) in [7, 11) is 6.74. The van der Waals surface area contributed by atoms with E-state index in [0.29, 0.717) is 30.3 Å². The van der Waals surface area contributed by atoms with Crippen molar-refractivity contribution in [3.05, 3.63) is 17.7 Å². The fourth-order valence-electron chi connectivity index (χ4n) is 2.81. The average Bonchev–Trinajstić information content (AvgIpc) is 2.61. The molecule has 0 aliphatic carbocycles. The van der Waals surface area contributed by atoms with E-state index in [9.17, 15) is 4.79 Å². The van der Waals surface area contributed by atoms with E-state index in [1.165, 1.54) is 0 Å². The molecule has 25 heavy (non-hydrogen) atoms. The molecule has 8 heteroatoms. The third-order valence-corrected chi connectivity index (χ3v) is 4.10. The third kappa shape index (κ3) is 5.66. The molecule has 1 amide bonds. The molecule has 1 aromatic carbocycles. The summed E-state index contributed by atoms with van der Waals surface area (Å²) in [5.41, 5.74) is 0.950. The molecule has 1 aromatic rings. The first-order valence-corrected chi connectivity index (χ1v) is 8.05. The minimum Gasteiger partial charge on any atom is -0.496 e. The molecular formula is C17H28ClN3O4. The molecule has 0 saturated carbocycles. The van der Waals surface area contributed by atoms with Gasteiger partial charge in [0.1, 0.15) is 5.75 Å². The second-order valence-electron chi connectivity index (χ2n) is 5.82. The van der Waals surface area contributed by atoms with Crippen LogP contribution < -0.4 is 19.5 Å². The molecule has 7 nitrogen and oxygen atoms in total. The maximum Gasteiger partial charge on any atom is 0.236 e. The molecule has 0 radical (unpaired) electrons. The minimum absolute atomic E-state index is 0. The van der Waals surface area contributed by atoms with Crippen molar-refractivity contribution in [1.82, 2.24) is 15.1 Å². The van der Waals surface area contributed by atoms with Gasteiger partial charge < -0.3 is 24.4 Å². The fourth-order valence-corrected chi connectivity index (χ4v) is 2.81. The van der Waals surface area contributed by atoms with E-state index < -0.39 is 0 Å². The summed E-state index contributed by atoms with van der Waals surface area (Å²) in [6.45, 7) is 4.22. The highest BCUT2D eigenvalue weighted by Gasteiger charge is 2.19. The van der Waals surface area contributed by atoms with Crippen LogP contribution in [0.15, 0.2) is 12.1 Å². The number of amides is 1. The Morgan fingerprint density at radius 1 is 1.08 bits per heavy atom. The zero-order valence-electron chi connectivity index (χ0n) is 15.3. The van der Waals surface area contributed by atoms with Crippen LogP contribution in [0.5, 0.6) is 17.2 Å². The highest BCUT2D eigenvalue weighted by molar-refractivity contribution is 5.85. The van der Waals surface area contributed by atoms with Gasteiger partial charge >= 0.3 is 0 Å². The van der Waals surface area contributed by atoms with Gasteiger partial charge in [-0.15, -0.1) is 12.4 Å². The Balaban J connectivity index is 0.00000312. The summed E-state index contributed by atoms with van der Waals surface area (Å²) in [4.78, 5) is 16.2. The van der Waals surface area contributed by atoms with Crippen LogP contribution in [0.25, 0.3) is 0 Å². The van der Waals surface area contributed by atoms with Crippen LogP contribution in [-0.2, 0) is 11.3 Å². The first kappa shape index (κ1) is 21.3. The topological polar surface area (TPSA) is 63.3 Å². The second-order valence-corrected chi connectivity index (χ2v) is 5.82. The Morgan fingerprint density at radius 3 is 2.20 bits per heavy atom. The molecule has 0 atom stereocenters. The van der Waals surface area contributed by atoms with Gasteiger partial charge in [0.15, 0.2) is 11.5 Å². The molecule has 0 spiro atoms. The van der Waals surface area contributed by atoms with Crippen molar-refractivity contribution in [3.8, 4) is 17.2 Å². The largest absolute Gasteiger partial charge is 0.496 e. The molecule has 0 bridgehead atoms. The number of likely N-dealkylation sites (N-methyl/N-ethyl adjacent to an activating group) is 1. The predicted octanol–water partition coefficient (Wildman–Crippen LogP) is 0.998. The van der Waals surface area contributed by atoms with Crippen LogP contribution in [0, 0.1) is 0 Å².